The van der Waals surface area contributed by atoms with Crippen molar-refractivity contribution in [3.8, 4) is 16.5 Å². The average Bonchev–Trinajstić information content (AvgIpc) is 2.83. The molecule has 0 saturated heterocycles. The molecule has 3 nitrogen and oxygen atoms in total. The van der Waals surface area contributed by atoms with Gasteiger partial charge in [-0.05, 0) is 0 Å². The molecule has 1 N–H and O–H groups in total. The first-order valence-corrected chi connectivity index (χ1v) is 13.4. The van der Waals surface area contributed by atoms with Crippen LogP contribution in [0.5, 0.6) is 5.75 Å². The van der Waals surface area contributed by atoms with Gasteiger partial charge in [0.05, 0.1) is 0 Å². The van der Waals surface area contributed by atoms with E-state index < -0.39 is 17.6 Å². The predicted molar refractivity (Wildman–Crippen MR) is 138 cm³/mol. The topological polar surface area (TPSA) is 46.5 Å². The SMILES string of the molecule is CC1(C)CCC(C)(C)c2c(OCc3ccc(F)c(F)c3)cc([Se]C#Cc3ccc(C(=O)O)cc3)cc21. The monoisotopic (exact) mass is 554 g/mol. The van der Waals surface area contributed by atoms with Crippen molar-refractivity contribution in [2.24, 2.45) is 0 Å². The van der Waals surface area contributed by atoms with Gasteiger partial charge < -0.3 is 0 Å². The number of hydrogen-bond donors (Lipinski definition) is 1. The van der Waals surface area contributed by atoms with E-state index in [-0.39, 0.29) is 38.0 Å². The number of rotatable bonds is 5. The fraction of sp³-hybridized carbons (Fsp3) is 0.300. The molecule has 186 valence electrons. The summed E-state index contributed by atoms with van der Waals surface area (Å²) in [5.74, 6) is 1.17. The molecule has 3 aromatic carbocycles. The van der Waals surface area contributed by atoms with Crippen LogP contribution in [0.25, 0.3) is 0 Å². The first-order valence-electron chi connectivity index (χ1n) is 11.7. The van der Waals surface area contributed by atoms with Crippen molar-refractivity contribution in [3.63, 3.8) is 0 Å². The molecule has 0 amide bonds. The molecule has 1 aliphatic rings. The molecule has 36 heavy (non-hydrogen) atoms. The molecule has 0 saturated carbocycles. The Labute approximate surface area is 217 Å². The molecule has 0 spiro atoms. The number of fused-ring (bicyclic) bond motifs is 1. The molecule has 4 rings (SSSR count). The summed E-state index contributed by atoms with van der Waals surface area (Å²) in [7, 11) is 0. The molecule has 0 heterocycles. The number of aromatic carboxylic acids is 1. The Balaban J connectivity index is 1.67. The molecule has 3 aromatic rings. The van der Waals surface area contributed by atoms with Gasteiger partial charge in [-0.3, -0.25) is 0 Å². The minimum atomic E-state index is -0.964. The third-order valence-electron chi connectivity index (χ3n) is 6.73. The minimum absolute atomic E-state index is 0.0306. The van der Waals surface area contributed by atoms with Gasteiger partial charge >= 0.3 is 217 Å². The Morgan fingerprint density at radius 1 is 0.972 bits per heavy atom. The van der Waals surface area contributed by atoms with Crippen LogP contribution in [-0.2, 0) is 17.4 Å². The summed E-state index contributed by atoms with van der Waals surface area (Å²) in [6.45, 7) is 9.06. The summed E-state index contributed by atoms with van der Waals surface area (Å²) in [5.41, 5.74) is 3.85. The summed E-state index contributed by atoms with van der Waals surface area (Å²) < 4.78 is 34.4. The second-order valence-corrected chi connectivity index (χ2v) is 12.2. The molecule has 0 aromatic heterocycles. The molecule has 1 aliphatic carbocycles. The van der Waals surface area contributed by atoms with Crippen LogP contribution >= 0.6 is 0 Å². The van der Waals surface area contributed by atoms with Crippen molar-refractivity contribution in [1.29, 1.82) is 0 Å². The van der Waals surface area contributed by atoms with Crippen LogP contribution in [0, 0.1) is 22.4 Å². The molecule has 0 radical (unpaired) electrons. The van der Waals surface area contributed by atoms with Gasteiger partial charge in [0.25, 0.3) is 0 Å². The Hall–Kier alpha value is -3.13. The summed E-state index contributed by atoms with van der Waals surface area (Å²) >= 11 is -0.168. The first kappa shape index (κ1) is 25.9. The number of carbonyl (C=O) groups is 1. The first-order chi connectivity index (χ1) is 17.0. The van der Waals surface area contributed by atoms with E-state index in [9.17, 15) is 13.6 Å². The summed E-state index contributed by atoms with van der Waals surface area (Å²) in [6.07, 6.45) is 2.07. The van der Waals surface area contributed by atoms with Crippen molar-refractivity contribution < 1.29 is 23.4 Å². The van der Waals surface area contributed by atoms with Crippen molar-refractivity contribution in [2.75, 3.05) is 0 Å². The molecule has 0 atom stereocenters. The second-order valence-electron chi connectivity index (χ2n) is 10.4. The van der Waals surface area contributed by atoms with Crippen molar-refractivity contribution >= 4 is 25.4 Å². The van der Waals surface area contributed by atoms with Crippen LogP contribution in [0.3, 0.4) is 0 Å². The van der Waals surface area contributed by atoms with E-state index in [4.69, 9.17) is 9.84 Å². The zero-order valence-electron chi connectivity index (χ0n) is 20.7. The summed E-state index contributed by atoms with van der Waals surface area (Å²) in [5, 5.41) is 9.06. The summed E-state index contributed by atoms with van der Waals surface area (Å²) in [6, 6.07) is 14.6. The number of ether oxygens (including phenoxy) is 1. The van der Waals surface area contributed by atoms with Crippen LogP contribution in [0.15, 0.2) is 54.6 Å². The number of carboxylic acid groups (broad SMARTS) is 1. The Morgan fingerprint density at radius 2 is 1.67 bits per heavy atom. The third kappa shape index (κ3) is 5.64. The van der Waals surface area contributed by atoms with Gasteiger partial charge in [0.2, 0.25) is 0 Å². The van der Waals surface area contributed by atoms with E-state index in [0.29, 0.717) is 5.56 Å². The van der Waals surface area contributed by atoms with Gasteiger partial charge in [-0.2, -0.15) is 0 Å². The number of halogens is 2. The van der Waals surface area contributed by atoms with Gasteiger partial charge in [0.15, 0.2) is 0 Å². The molecule has 0 bridgehead atoms. The van der Waals surface area contributed by atoms with Gasteiger partial charge in [-0.15, -0.1) is 0 Å². The van der Waals surface area contributed by atoms with Gasteiger partial charge in [0.1, 0.15) is 0 Å². The number of hydrogen-bond acceptors (Lipinski definition) is 2. The fourth-order valence-corrected chi connectivity index (χ4v) is 5.83. The summed E-state index contributed by atoms with van der Waals surface area (Å²) in [4.78, 5) is 14.3. The Bertz CT molecular complexity index is 1370. The Kier molecular flexibility index (Phi) is 7.27. The van der Waals surface area contributed by atoms with Gasteiger partial charge in [0, 0.05) is 0 Å². The van der Waals surface area contributed by atoms with Crippen LogP contribution in [-0.4, -0.2) is 26.0 Å². The number of carboxylic acids is 1. The standard InChI is InChI=1S/C30H28F2O3Se/c1-29(2)12-13-30(3,4)27-23(29)16-22(36-14-11-19-5-8-21(9-6-19)28(33)34)17-26(27)35-18-20-7-10-24(31)25(32)15-20/h5-10,15-17H,12-13,18H2,1-4H3,(H,33,34). The molecule has 0 unspecified atom stereocenters. The maximum absolute atomic E-state index is 13.7. The molecular formula is C30H28F2O3Se. The van der Waals surface area contributed by atoms with Crippen molar-refractivity contribution in [3.05, 3.63) is 94.0 Å². The second kappa shape index (κ2) is 10.1. The zero-order chi connectivity index (χ0) is 26.1. The van der Waals surface area contributed by atoms with Crippen molar-refractivity contribution in [1.82, 2.24) is 0 Å². The fourth-order valence-electron chi connectivity index (χ4n) is 4.51. The third-order valence-corrected chi connectivity index (χ3v) is 8.15. The normalized spacial score (nSPS) is 15.4. The van der Waals surface area contributed by atoms with Crippen LogP contribution < -0.4 is 9.20 Å². The number of benzene rings is 3. The molecule has 0 fully saturated rings. The van der Waals surface area contributed by atoms with Crippen LogP contribution in [0.1, 0.15) is 73.1 Å². The van der Waals surface area contributed by atoms with E-state index in [0.717, 1.165) is 40.2 Å². The zero-order valence-corrected chi connectivity index (χ0v) is 22.5. The van der Waals surface area contributed by atoms with E-state index in [1.54, 1.807) is 24.3 Å². The van der Waals surface area contributed by atoms with E-state index in [1.165, 1.54) is 17.7 Å². The molecular weight excluding hydrogens is 525 g/mol. The van der Waals surface area contributed by atoms with Gasteiger partial charge in [-0.25, -0.2) is 0 Å². The predicted octanol–water partition coefficient (Wildman–Crippen LogP) is 5.93. The Morgan fingerprint density at radius 3 is 2.33 bits per heavy atom. The quantitative estimate of drug-likeness (QED) is 0.315. The maximum atomic E-state index is 13.7. The van der Waals surface area contributed by atoms with E-state index in [1.807, 2.05) is 6.07 Å². The van der Waals surface area contributed by atoms with Gasteiger partial charge in [-0.1, -0.05) is 0 Å². The van der Waals surface area contributed by atoms with Crippen molar-refractivity contribution in [2.45, 2.75) is 58.0 Å². The average molecular weight is 554 g/mol. The van der Waals surface area contributed by atoms with E-state index in [2.05, 4.69) is 44.5 Å². The molecule has 0 aliphatic heterocycles. The van der Waals surface area contributed by atoms with Crippen LogP contribution in [0.2, 0.25) is 0 Å². The molecule has 6 heteroatoms. The van der Waals surface area contributed by atoms with E-state index >= 15 is 0 Å². The van der Waals surface area contributed by atoms with Crippen LogP contribution in [0.4, 0.5) is 8.78 Å².